The SMILES string of the molecule is CCCCCCCCCC[O][Sn]([O]CCCCCCCCCC)([C](F)(F)CCC(F)(F)F)[C](F)(F)CCC(F)(F)F. The second-order valence-electron chi connectivity index (χ2n) is 10.9. The molecule has 0 aromatic rings. The number of rotatable bonds is 26. The molecule has 0 fully saturated rings. The number of unbranched alkanes of at least 4 members (excludes halogenated alkanes) is 14. The van der Waals surface area contributed by atoms with Gasteiger partial charge in [0.05, 0.1) is 0 Å². The van der Waals surface area contributed by atoms with Crippen molar-refractivity contribution in [2.45, 2.75) is 162 Å². The Morgan fingerprint density at radius 2 is 0.659 bits per heavy atom. The predicted octanol–water partition coefficient (Wildman–Crippen LogP) is 11.8. The van der Waals surface area contributed by atoms with E-state index in [-0.39, 0.29) is 12.8 Å². The summed E-state index contributed by atoms with van der Waals surface area (Å²) in [6.45, 7) is 2.87. The van der Waals surface area contributed by atoms with Crippen LogP contribution in [0.25, 0.3) is 0 Å². The molecule has 0 saturated carbocycles. The second kappa shape index (κ2) is 20.9. The fraction of sp³-hybridized carbons (Fsp3) is 1.00. The van der Waals surface area contributed by atoms with Crippen molar-refractivity contribution in [1.82, 2.24) is 0 Å². The molecule has 0 radical (unpaired) electrons. The van der Waals surface area contributed by atoms with Crippen LogP contribution >= 0.6 is 0 Å². The third-order valence-electron chi connectivity index (χ3n) is 7.01. The molecule has 0 amide bonds. The van der Waals surface area contributed by atoms with Gasteiger partial charge in [-0.2, -0.15) is 0 Å². The van der Waals surface area contributed by atoms with Crippen molar-refractivity contribution in [2.75, 3.05) is 13.2 Å². The zero-order valence-corrected chi connectivity index (χ0v) is 27.5. The van der Waals surface area contributed by atoms with Crippen LogP contribution in [0.15, 0.2) is 0 Å². The summed E-state index contributed by atoms with van der Waals surface area (Å²) < 4.78 is 140. The van der Waals surface area contributed by atoms with Crippen molar-refractivity contribution < 1.29 is 50.1 Å². The third kappa shape index (κ3) is 18.4. The maximum atomic E-state index is 15.5. The summed E-state index contributed by atoms with van der Waals surface area (Å²) in [5.74, 6) is 0. The van der Waals surface area contributed by atoms with Crippen molar-refractivity contribution in [1.29, 1.82) is 0 Å². The van der Waals surface area contributed by atoms with Crippen LogP contribution in [0.4, 0.5) is 43.9 Å². The average molecular weight is 727 g/mol. The van der Waals surface area contributed by atoms with Crippen molar-refractivity contribution in [2.24, 2.45) is 0 Å². The van der Waals surface area contributed by atoms with Crippen molar-refractivity contribution in [3.63, 3.8) is 0 Å². The Morgan fingerprint density at radius 1 is 0.390 bits per heavy atom. The Bertz CT molecular complexity index is 588. The average Bonchev–Trinajstić information content (AvgIpc) is 2.86. The van der Waals surface area contributed by atoms with Crippen LogP contribution in [-0.2, 0) is 6.15 Å². The van der Waals surface area contributed by atoms with Gasteiger partial charge in [0.25, 0.3) is 0 Å². The third-order valence-corrected chi connectivity index (χ3v) is 17.4. The van der Waals surface area contributed by atoms with Crippen LogP contribution in [0.1, 0.15) is 142 Å². The number of halogens is 10. The van der Waals surface area contributed by atoms with Crippen molar-refractivity contribution >= 4 is 19.2 Å². The van der Waals surface area contributed by atoms with Crippen molar-refractivity contribution in [3.05, 3.63) is 0 Å². The Morgan fingerprint density at radius 3 is 0.927 bits per heavy atom. The zero-order chi connectivity index (χ0) is 31.5. The monoisotopic (exact) mass is 728 g/mol. The molecule has 0 aliphatic carbocycles. The number of alkyl halides is 10. The first-order valence-electron chi connectivity index (χ1n) is 15.2. The normalized spacial score (nSPS) is 13.8. The molecule has 0 aromatic heterocycles. The molecule has 0 atom stereocenters. The van der Waals surface area contributed by atoms with E-state index in [1.165, 1.54) is 0 Å². The van der Waals surface area contributed by atoms with E-state index in [1.807, 2.05) is 0 Å². The molecule has 0 aliphatic rings. The fourth-order valence-corrected chi connectivity index (χ4v) is 13.8. The van der Waals surface area contributed by atoms with Gasteiger partial charge in [-0.3, -0.25) is 0 Å². The van der Waals surface area contributed by atoms with Gasteiger partial charge in [-0.25, -0.2) is 0 Å². The molecule has 13 heteroatoms. The maximum absolute atomic E-state index is 15.5. The van der Waals surface area contributed by atoms with Gasteiger partial charge >= 0.3 is 245 Å². The first kappa shape index (κ1) is 41.0. The second-order valence-corrected chi connectivity index (χ2v) is 20.2. The molecule has 0 heterocycles. The molecule has 2 nitrogen and oxygen atoms in total. The first-order valence-corrected chi connectivity index (χ1v) is 20.4. The predicted molar refractivity (Wildman–Crippen MR) is 143 cm³/mol. The summed E-state index contributed by atoms with van der Waals surface area (Å²) in [5.41, 5.74) is 0. The molecule has 0 N–H and O–H groups in total. The molecular weight excluding hydrogens is 677 g/mol. The number of hydrogen-bond donors (Lipinski definition) is 0. The van der Waals surface area contributed by atoms with E-state index in [2.05, 4.69) is 13.8 Å². The van der Waals surface area contributed by atoms with Crippen LogP contribution in [-0.4, -0.2) is 52.6 Å². The molecule has 0 saturated heterocycles. The summed E-state index contributed by atoms with van der Waals surface area (Å²) in [6, 6.07) is 0. The van der Waals surface area contributed by atoms with Gasteiger partial charge in [-0.15, -0.1) is 0 Å². The molecule has 41 heavy (non-hydrogen) atoms. The van der Waals surface area contributed by atoms with Crippen LogP contribution < -0.4 is 0 Å². The van der Waals surface area contributed by atoms with Gasteiger partial charge in [0, 0.05) is 0 Å². The Kier molecular flexibility index (Phi) is 20.9. The molecular formula is C28H50F10O2Sn. The van der Waals surface area contributed by atoms with Crippen molar-refractivity contribution in [3.8, 4) is 0 Å². The van der Waals surface area contributed by atoms with Crippen LogP contribution in [0.2, 0.25) is 0 Å². The summed E-state index contributed by atoms with van der Waals surface area (Å²) in [4.78, 5) is 0. The van der Waals surface area contributed by atoms with Gasteiger partial charge in [-0.1, -0.05) is 0 Å². The Balaban J connectivity index is 5.66. The quantitative estimate of drug-likeness (QED) is 0.0502. The zero-order valence-electron chi connectivity index (χ0n) is 24.7. The molecule has 0 rings (SSSR count). The van der Waals surface area contributed by atoms with Gasteiger partial charge in [0.15, 0.2) is 0 Å². The number of hydrogen-bond acceptors (Lipinski definition) is 2. The Hall–Kier alpha value is 0.0187. The summed E-state index contributed by atoms with van der Waals surface area (Å²) >= 11 is -7.33. The topological polar surface area (TPSA) is 18.5 Å². The van der Waals surface area contributed by atoms with E-state index in [1.54, 1.807) is 0 Å². The van der Waals surface area contributed by atoms with E-state index in [0.717, 1.165) is 64.2 Å². The van der Waals surface area contributed by atoms with E-state index in [4.69, 9.17) is 6.15 Å². The summed E-state index contributed by atoms with van der Waals surface area (Å²) in [7, 11) is 0. The molecule has 0 aromatic carbocycles. The molecule has 0 bridgehead atoms. The van der Waals surface area contributed by atoms with Gasteiger partial charge in [0.2, 0.25) is 0 Å². The summed E-state index contributed by atoms with van der Waals surface area (Å²) in [6.07, 6.45) is -6.02. The van der Waals surface area contributed by atoms with E-state index in [0.29, 0.717) is 25.7 Å². The molecule has 248 valence electrons. The van der Waals surface area contributed by atoms with Crippen LogP contribution in [0.5, 0.6) is 0 Å². The minimum atomic E-state index is -7.33. The Labute approximate surface area is 244 Å². The molecule has 0 spiro atoms. The standard InChI is InChI=1S/2C10H21O.2C4H4F5.Sn/c2*1-2-3-4-5-6-7-8-9-10-11;2*5-3(6)1-2-4(7,8)9;/h2*2-10H2,1H3;2*1-2H2;/q2*-1;;;+2. The molecule has 0 unspecified atom stereocenters. The fourth-order valence-electron chi connectivity index (χ4n) is 4.56. The van der Waals surface area contributed by atoms with Gasteiger partial charge < -0.3 is 0 Å². The van der Waals surface area contributed by atoms with Gasteiger partial charge in [0.1, 0.15) is 0 Å². The minimum absolute atomic E-state index is 0.0816. The summed E-state index contributed by atoms with van der Waals surface area (Å²) in [5, 5.41) is 0. The van der Waals surface area contributed by atoms with E-state index in [9.17, 15) is 26.3 Å². The van der Waals surface area contributed by atoms with Crippen LogP contribution in [0.3, 0.4) is 0 Å². The first-order chi connectivity index (χ1) is 19.0. The molecule has 0 aliphatic heterocycles. The van der Waals surface area contributed by atoms with Gasteiger partial charge in [-0.05, 0) is 0 Å². The van der Waals surface area contributed by atoms with E-state index < -0.39 is 78.3 Å². The van der Waals surface area contributed by atoms with Crippen LogP contribution in [0, 0.1) is 0 Å². The van der Waals surface area contributed by atoms with E-state index >= 15 is 17.6 Å².